The molecule has 0 aliphatic carbocycles. The summed E-state index contributed by atoms with van der Waals surface area (Å²) < 4.78 is 2.27. The van der Waals surface area contributed by atoms with Gasteiger partial charge in [0.15, 0.2) is 0 Å². The van der Waals surface area contributed by atoms with Crippen LogP contribution in [-0.4, -0.2) is 22.6 Å². The maximum Gasteiger partial charge on any atom is 0.0958 e. The molecule has 1 N–H and O–H groups in total. The molecule has 0 amide bonds. The van der Waals surface area contributed by atoms with Crippen molar-refractivity contribution in [1.29, 1.82) is 0 Å². The normalized spacial score (nSPS) is 13.1. The second-order valence-corrected chi connectivity index (χ2v) is 5.20. The van der Waals surface area contributed by atoms with Crippen LogP contribution in [0, 0.1) is 13.8 Å². The maximum absolute atomic E-state index is 4.49. The Balaban J connectivity index is 2.12. The van der Waals surface area contributed by atoms with E-state index in [0.717, 1.165) is 12.1 Å². The summed E-state index contributed by atoms with van der Waals surface area (Å²) in [6.45, 7) is 7.57. The van der Waals surface area contributed by atoms with E-state index >= 15 is 0 Å². The van der Waals surface area contributed by atoms with E-state index in [-0.39, 0.29) is 0 Å². The summed E-state index contributed by atoms with van der Waals surface area (Å²) in [5, 5.41) is 3.27. The summed E-state index contributed by atoms with van der Waals surface area (Å²) >= 11 is 0. The molecule has 0 aliphatic rings. The van der Waals surface area contributed by atoms with Gasteiger partial charge in [-0.2, -0.15) is 0 Å². The molecule has 0 spiro atoms. The van der Waals surface area contributed by atoms with E-state index in [1.165, 1.54) is 29.5 Å². The van der Waals surface area contributed by atoms with Crippen molar-refractivity contribution in [2.45, 2.75) is 46.2 Å². The Morgan fingerprint density at radius 2 is 2.00 bits per heavy atom. The van der Waals surface area contributed by atoms with Gasteiger partial charge in [-0.05, 0) is 63.9 Å². The summed E-state index contributed by atoms with van der Waals surface area (Å²) in [4.78, 5) is 4.49. The lowest BCUT2D eigenvalue weighted by Gasteiger charge is -2.10. The smallest absolute Gasteiger partial charge is 0.0958 e. The van der Waals surface area contributed by atoms with E-state index in [4.69, 9.17) is 0 Å². The van der Waals surface area contributed by atoms with Gasteiger partial charge in [-0.15, -0.1) is 0 Å². The first-order valence-electron chi connectivity index (χ1n) is 6.71. The zero-order chi connectivity index (χ0) is 13.1. The molecule has 18 heavy (non-hydrogen) atoms. The molecule has 98 valence electrons. The maximum atomic E-state index is 4.49. The van der Waals surface area contributed by atoms with E-state index in [2.05, 4.69) is 47.8 Å². The molecule has 0 fully saturated rings. The molecule has 3 nitrogen and oxygen atoms in total. The predicted octanol–water partition coefficient (Wildman–Crippen LogP) is 3.04. The van der Waals surface area contributed by atoms with Gasteiger partial charge >= 0.3 is 0 Å². The van der Waals surface area contributed by atoms with Crippen LogP contribution in [0.5, 0.6) is 0 Å². The number of fused-ring (bicyclic) bond motifs is 1. The number of imidazole rings is 1. The fraction of sp³-hybridized carbons (Fsp3) is 0.533. The Labute approximate surface area is 109 Å². The van der Waals surface area contributed by atoms with Gasteiger partial charge in [0.2, 0.25) is 0 Å². The van der Waals surface area contributed by atoms with Gasteiger partial charge in [0.25, 0.3) is 0 Å². The van der Waals surface area contributed by atoms with Crippen molar-refractivity contribution >= 4 is 11.0 Å². The summed E-state index contributed by atoms with van der Waals surface area (Å²) in [7, 11) is 2.02. The minimum absolute atomic E-state index is 0.587. The molecule has 0 saturated carbocycles. The van der Waals surface area contributed by atoms with Gasteiger partial charge < -0.3 is 9.88 Å². The predicted molar refractivity (Wildman–Crippen MR) is 77.0 cm³/mol. The molecule has 2 aromatic rings. The second-order valence-electron chi connectivity index (χ2n) is 5.20. The van der Waals surface area contributed by atoms with E-state index < -0.39 is 0 Å². The molecule has 0 radical (unpaired) electrons. The van der Waals surface area contributed by atoms with Crippen molar-refractivity contribution in [3.8, 4) is 0 Å². The Morgan fingerprint density at radius 1 is 1.28 bits per heavy atom. The summed E-state index contributed by atoms with van der Waals surface area (Å²) in [6.07, 6.45) is 4.34. The number of rotatable bonds is 5. The lowest BCUT2D eigenvalue weighted by Crippen LogP contribution is -2.21. The third-order valence-corrected chi connectivity index (χ3v) is 3.77. The molecule has 0 bridgehead atoms. The van der Waals surface area contributed by atoms with Crippen molar-refractivity contribution in [3.05, 3.63) is 29.6 Å². The zero-order valence-electron chi connectivity index (χ0n) is 11.8. The van der Waals surface area contributed by atoms with Gasteiger partial charge in [0.05, 0.1) is 17.4 Å². The second kappa shape index (κ2) is 5.53. The standard InChI is InChI=1S/C15H23N3/c1-11-8-14-15(9-12(11)2)18(10-17-14)7-5-6-13(3)16-4/h8-10,13,16H,5-7H2,1-4H3. The van der Waals surface area contributed by atoms with Gasteiger partial charge in [-0.1, -0.05) is 0 Å². The zero-order valence-corrected chi connectivity index (χ0v) is 11.8. The molecule has 2 rings (SSSR count). The number of aromatic nitrogens is 2. The van der Waals surface area contributed by atoms with Gasteiger partial charge in [0, 0.05) is 12.6 Å². The molecule has 1 atom stereocenters. The molecule has 0 aliphatic heterocycles. The highest BCUT2D eigenvalue weighted by atomic mass is 15.0. The third-order valence-electron chi connectivity index (χ3n) is 3.77. The van der Waals surface area contributed by atoms with Crippen LogP contribution in [0.1, 0.15) is 30.9 Å². The van der Waals surface area contributed by atoms with Gasteiger partial charge in [-0.3, -0.25) is 0 Å². The van der Waals surface area contributed by atoms with E-state index in [9.17, 15) is 0 Å². The molecule has 0 saturated heterocycles. The van der Waals surface area contributed by atoms with Crippen molar-refractivity contribution < 1.29 is 0 Å². The Bertz CT molecular complexity index is 528. The summed E-state index contributed by atoms with van der Waals surface area (Å²) in [5.74, 6) is 0. The molecule has 1 aromatic carbocycles. The number of nitrogens with one attached hydrogen (secondary N) is 1. The van der Waals surface area contributed by atoms with Crippen LogP contribution in [0.4, 0.5) is 0 Å². The first kappa shape index (κ1) is 13.1. The quantitative estimate of drug-likeness (QED) is 0.877. The van der Waals surface area contributed by atoms with Crippen molar-refractivity contribution in [3.63, 3.8) is 0 Å². The topological polar surface area (TPSA) is 29.9 Å². The first-order chi connectivity index (χ1) is 8.61. The van der Waals surface area contributed by atoms with Crippen LogP contribution >= 0.6 is 0 Å². The molecule has 1 aromatic heterocycles. The molecule has 1 heterocycles. The van der Waals surface area contributed by atoms with Crippen molar-refractivity contribution in [1.82, 2.24) is 14.9 Å². The lowest BCUT2D eigenvalue weighted by atomic mass is 10.1. The van der Waals surface area contributed by atoms with Gasteiger partial charge in [0.1, 0.15) is 0 Å². The van der Waals surface area contributed by atoms with Crippen LogP contribution in [0.15, 0.2) is 18.5 Å². The number of hydrogen-bond donors (Lipinski definition) is 1. The highest BCUT2D eigenvalue weighted by Gasteiger charge is 2.05. The molecular formula is C15H23N3. The fourth-order valence-corrected chi connectivity index (χ4v) is 2.20. The van der Waals surface area contributed by atoms with Crippen LogP contribution in [0.3, 0.4) is 0 Å². The van der Waals surface area contributed by atoms with Crippen LogP contribution < -0.4 is 5.32 Å². The van der Waals surface area contributed by atoms with Gasteiger partial charge in [-0.25, -0.2) is 4.98 Å². The Morgan fingerprint density at radius 3 is 2.72 bits per heavy atom. The Hall–Kier alpha value is -1.35. The number of hydrogen-bond acceptors (Lipinski definition) is 2. The SMILES string of the molecule is CNC(C)CCCn1cnc2cc(C)c(C)cc21. The van der Waals surface area contributed by atoms with Crippen LogP contribution in [-0.2, 0) is 6.54 Å². The van der Waals surface area contributed by atoms with Crippen LogP contribution in [0.2, 0.25) is 0 Å². The lowest BCUT2D eigenvalue weighted by molar-refractivity contribution is 0.511. The van der Waals surface area contributed by atoms with E-state index in [1.54, 1.807) is 0 Å². The first-order valence-corrected chi connectivity index (χ1v) is 6.71. The van der Waals surface area contributed by atoms with Crippen LogP contribution in [0.25, 0.3) is 11.0 Å². The fourth-order valence-electron chi connectivity index (χ4n) is 2.20. The minimum Gasteiger partial charge on any atom is -0.331 e. The third kappa shape index (κ3) is 2.72. The summed E-state index contributed by atoms with van der Waals surface area (Å²) in [5.41, 5.74) is 5.03. The highest BCUT2D eigenvalue weighted by molar-refractivity contribution is 5.77. The minimum atomic E-state index is 0.587. The van der Waals surface area contributed by atoms with Crippen molar-refractivity contribution in [2.75, 3.05) is 7.05 Å². The molecule has 3 heteroatoms. The van der Waals surface area contributed by atoms with Crippen molar-refractivity contribution in [2.24, 2.45) is 0 Å². The number of aryl methyl sites for hydroxylation is 3. The number of benzene rings is 1. The summed E-state index contributed by atoms with van der Waals surface area (Å²) in [6, 6.07) is 5.01. The monoisotopic (exact) mass is 245 g/mol. The molecular weight excluding hydrogens is 222 g/mol. The largest absolute Gasteiger partial charge is 0.331 e. The van der Waals surface area contributed by atoms with E-state index in [0.29, 0.717) is 6.04 Å². The average molecular weight is 245 g/mol. The Kier molecular flexibility index (Phi) is 4.02. The highest BCUT2D eigenvalue weighted by Crippen LogP contribution is 2.18. The molecule has 1 unspecified atom stereocenters. The average Bonchev–Trinajstić information content (AvgIpc) is 2.72. The number of nitrogens with zero attached hydrogens (tertiary/aromatic N) is 2. The van der Waals surface area contributed by atoms with E-state index in [1.807, 2.05) is 13.4 Å².